The maximum absolute atomic E-state index is 12.8. The van der Waals surface area contributed by atoms with Gasteiger partial charge in [0.1, 0.15) is 16.4 Å². The molecule has 0 heterocycles. The number of halogens is 2. The fourth-order valence-electron chi connectivity index (χ4n) is 1.02. The lowest BCUT2D eigenvalue weighted by Crippen LogP contribution is -1.98. The molecule has 0 bridgehead atoms. The van der Waals surface area contributed by atoms with E-state index in [-0.39, 0.29) is 11.5 Å². The third kappa shape index (κ3) is 2.60. The van der Waals surface area contributed by atoms with Crippen molar-refractivity contribution in [2.75, 3.05) is 14.2 Å². The highest BCUT2D eigenvalue weighted by Gasteiger charge is 2.21. The van der Waals surface area contributed by atoms with Crippen molar-refractivity contribution in [1.82, 2.24) is 0 Å². The zero-order chi connectivity index (χ0) is 11.6. The second-order valence-electron chi connectivity index (χ2n) is 2.58. The first kappa shape index (κ1) is 12.3. The summed E-state index contributed by atoms with van der Waals surface area (Å²) in [5, 5.41) is 0. The molecule has 0 aromatic heterocycles. The van der Waals surface area contributed by atoms with E-state index in [2.05, 4.69) is 15.9 Å². The van der Waals surface area contributed by atoms with E-state index >= 15 is 0 Å². The smallest absolute Gasteiger partial charge is 0.335 e. The van der Waals surface area contributed by atoms with E-state index in [0.717, 1.165) is 6.07 Å². The Morgan fingerprint density at radius 1 is 1.20 bits per heavy atom. The summed E-state index contributed by atoms with van der Waals surface area (Å²) in [5.74, 6) is 0.136. The normalized spacial score (nSPS) is 11.2. The monoisotopic (exact) mass is 298 g/mol. The van der Waals surface area contributed by atoms with Crippen LogP contribution in [0.1, 0.15) is 0 Å². The van der Waals surface area contributed by atoms with Gasteiger partial charge in [0.25, 0.3) is 0 Å². The molecule has 1 aromatic rings. The van der Waals surface area contributed by atoms with Crippen molar-refractivity contribution >= 4 is 26.2 Å². The summed E-state index contributed by atoms with van der Waals surface area (Å²) in [6.07, 6.45) is 0. The molecule has 84 valence electrons. The van der Waals surface area contributed by atoms with Crippen LogP contribution < -0.4 is 9.47 Å². The van der Waals surface area contributed by atoms with Crippen LogP contribution in [0.3, 0.4) is 0 Å². The highest BCUT2D eigenvalue weighted by atomic mass is 79.9. The summed E-state index contributed by atoms with van der Waals surface area (Å²) in [6.45, 7) is 0. The van der Waals surface area contributed by atoms with Crippen LogP contribution in [0.5, 0.6) is 11.5 Å². The molecule has 0 spiro atoms. The molecule has 15 heavy (non-hydrogen) atoms. The standard InChI is InChI=1S/C8H8BrFO4S/c1-13-6-4-8(15(10,11)12)7(14-2)3-5(6)9/h3-4H,1-2H3. The van der Waals surface area contributed by atoms with E-state index in [9.17, 15) is 12.3 Å². The Bertz CT molecular complexity index is 472. The van der Waals surface area contributed by atoms with Crippen molar-refractivity contribution in [1.29, 1.82) is 0 Å². The van der Waals surface area contributed by atoms with Crippen LogP contribution in [0.2, 0.25) is 0 Å². The Kier molecular flexibility index (Phi) is 3.56. The van der Waals surface area contributed by atoms with Crippen LogP contribution in [0.25, 0.3) is 0 Å². The molecule has 0 aliphatic carbocycles. The minimum absolute atomic E-state index is 0.0785. The predicted octanol–water partition coefficient (Wildman–Crippen LogP) is 2.12. The van der Waals surface area contributed by atoms with Gasteiger partial charge < -0.3 is 9.47 Å². The molecule has 1 aromatic carbocycles. The van der Waals surface area contributed by atoms with Gasteiger partial charge in [-0.2, -0.15) is 8.42 Å². The van der Waals surface area contributed by atoms with Crippen LogP contribution in [-0.4, -0.2) is 22.6 Å². The number of benzene rings is 1. The lowest BCUT2D eigenvalue weighted by atomic mass is 10.3. The summed E-state index contributed by atoms with van der Waals surface area (Å²) in [7, 11) is -2.22. The predicted molar refractivity (Wildman–Crippen MR) is 55.5 cm³/mol. The molecule has 0 aliphatic rings. The SMILES string of the molecule is COc1cc(S(=O)(=O)F)c(OC)cc1Br. The molecular weight excluding hydrogens is 291 g/mol. The number of hydrogen-bond donors (Lipinski definition) is 0. The lowest BCUT2D eigenvalue weighted by molar-refractivity contribution is 0.389. The van der Waals surface area contributed by atoms with Crippen LogP contribution in [0.15, 0.2) is 21.5 Å². The molecule has 0 amide bonds. The van der Waals surface area contributed by atoms with Crippen LogP contribution >= 0.6 is 15.9 Å². The molecule has 7 heteroatoms. The molecule has 0 saturated heterocycles. The summed E-state index contributed by atoms with van der Waals surface area (Å²) in [5.41, 5.74) is 0. The van der Waals surface area contributed by atoms with Crippen molar-refractivity contribution in [2.45, 2.75) is 4.90 Å². The first-order valence-corrected chi connectivity index (χ1v) is 5.94. The summed E-state index contributed by atoms with van der Waals surface area (Å²) >= 11 is 3.13. The van der Waals surface area contributed by atoms with Crippen molar-refractivity contribution in [3.8, 4) is 11.5 Å². The Balaban J connectivity index is 3.49. The zero-order valence-corrected chi connectivity index (χ0v) is 10.4. The molecule has 0 fully saturated rings. The zero-order valence-electron chi connectivity index (χ0n) is 7.95. The van der Waals surface area contributed by atoms with Crippen molar-refractivity contribution in [2.24, 2.45) is 0 Å². The third-order valence-electron chi connectivity index (χ3n) is 1.70. The van der Waals surface area contributed by atoms with Crippen molar-refractivity contribution in [3.63, 3.8) is 0 Å². The van der Waals surface area contributed by atoms with Crippen molar-refractivity contribution < 1.29 is 21.8 Å². The molecule has 4 nitrogen and oxygen atoms in total. The number of hydrogen-bond acceptors (Lipinski definition) is 4. The van der Waals surface area contributed by atoms with E-state index in [1.807, 2.05) is 0 Å². The molecule has 0 saturated carbocycles. The van der Waals surface area contributed by atoms with E-state index in [4.69, 9.17) is 9.47 Å². The van der Waals surface area contributed by atoms with Crippen LogP contribution in [-0.2, 0) is 10.2 Å². The average molecular weight is 299 g/mol. The first-order valence-electron chi connectivity index (χ1n) is 3.76. The van der Waals surface area contributed by atoms with E-state index in [1.165, 1.54) is 20.3 Å². The Labute approximate surface area is 95.3 Å². The van der Waals surface area contributed by atoms with Gasteiger partial charge in [-0.25, -0.2) is 0 Å². The molecular formula is C8H8BrFO4S. The van der Waals surface area contributed by atoms with E-state index < -0.39 is 15.1 Å². The Morgan fingerprint density at radius 2 is 1.73 bits per heavy atom. The average Bonchev–Trinajstić information content (AvgIpc) is 2.15. The molecule has 0 radical (unpaired) electrons. The number of rotatable bonds is 3. The fraction of sp³-hybridized carbons (Fsp3) is 0.250. The minimum Gasteiger partial charge on any atom is -0.496 e. The van der Waals surface area contributed by atoms with E-state index in [1.54, 1.807) is 0 Å². The number of ether oxygens (including phenoxy) is 2. The second kappa shape index (κ2) is 4.36. The minimum atomic E-state index is -4.82. The van der Waals surface area contributed by atoms with Crippen LogP contribution in [0, 0.1) is 0 Å². The van der Waals surface area contributed by atoms with Gasteiger partial charge in [0.2, 0.25) is 0 Å². The quantitative estimate of drug-likeness (QED) is 0.802. The maximum Gasteiger partial charge on any atom is 0.335 e. The van der Waals surface area contributed by atoms with Crippen molar-refractivity contribution in [3.05, 3.63) is 16.6 Å². The maximum atomic E-state index is 12.8. The second-order valence-corrected chi connectivity index (χ2v) is 4.75. The van der Waals surface area contributed by atoms with Gasteiger partial charge in [0, 0.05) is 6.07 Å². The topological polar surface area (TPSA) is 52.6 Å². The Hall–Kier alpha value is -0.820. The first-order chi connectivity index (χ1) is 6.90. The number of methoxy groups -OCH3 is 2. The summed E-state index contributed by atoms with van der Waals surface area (Å²) in [6, 6.07) is 2.38. The molecule has 1 rings (SSSR count). The van der Waals surface area contributed by atoms with Gasteiger partial charge in [0.05, 0.1) is 18.7 Å². The molecule has 0 N–H and O–H groups in total. The largest absolute Gasteiger partial charge is 0.496 e. The van der Waals surface area contributed by atoms with Gasteiger partial charge >= 0.3 is 10.2 Å². The van der Waals surface area contributed by atoms with Crippen LogP contribution in [0.4, 0.5) is 3.89 Å². The van der Waals surface area contributed by atoms with Gasteiger partial charge in [-0.05, 0) is 22.0 Å². The highest BCUT2D eigenvalue weighted by molar-refractivity contribution is 9.10. The summed E-state index contributed by atoms with van der Waals surface area (Å²) in [4.78, 5) is -0.551. The fourth-order valence-corrected chi connectivity index (χ4v) is 2.14. The van der Waals surface area contributed by atoms with E-state index in [0.29, 0.717) is 4.47 Å². The van der Waals surface area contributed by atoms with Gasteiger partial charge in [-0.15, -0.1) is 3.89 Å². The Morgan fingerprint density at radius 3 is 2.13 bits per heavy atom. The molecule has 0 aliphatic heterocycles. The highest BCUT2D eigenvalue weighted by Crippen LogP contribution is 2.35. The van der Waals surface area contributed by atoms with Gasteiger partial charge in [-0.1, -0.05) is 0 Å². The molecule has 0 unspecified atom stereocenters. The summed E-state index contributed by atoms with van der Waals surface area (Å²) < 4.78 is 44.5. The third-order valence-corrected chi connectivity index (χ3v) is 3.16. The lowest BCUT2D eigenvalue weighted by Gasteiger charge is -2.09. The van der Waals surface area contributed by atoms with Gasteiger partial charge in [-0.3, -0.25) is 0 Å². The van der Waals surface area contributed by atoms with Gasteiger partial charge in [0.15, 0.2) is 0 Å². The molecule has 0 atom stereocenters.